The molecule has 0 saturated heterocycles. The van der Waals surface area contributed by atoms with Gasteiger partial charge in [0, 0.05) is 10.7 Å². The van der Waals surface area contributed by atoms with Crippen molar-refractivity contribution in [1.29, 1.82) is 5.26 Å². The van der Waals surface area contributed by atoms with Crippen LogP contribution in [0, 0.1) is 18.3 Å². The molecule has 0 fully saturated rings. The predicted octanol–water partition coefficient (Wildman–Crippen LogP) is 4.43. The Balaban J connectivity index is 1.86. The van der Waals surface area contributed by atoms with Crippen molar-refractivity contribution in [2.75, 3.05) is 16.4 Å². The molecule has 0 aliphatic carbocycles. The van der Waals surface area contributed by atoms with Gasteiger partial charge in [0.25, 0.3) is 0 Å². The molecule has 9 heteroatoms. The highest BCUT2D eigenvalue weighted by Gasteiger charge is 2.10. The van der Waals surface area contributed by atoms with Crippen LogP contribution >= 0.6 is 23.2 Å². The van der Waals surface area contributed by atoms with E-state index in [0.29, 0.717) is 27.0 Å². The summed E-state index contributed by atoms with van der Waals surface area (Å²) < 4.78 is 0. The fourth-order valence-corrected chi connectivity index (χ4v) is 2.56. The van der Waals surface area contributed by atoms with Gasteiger partial charge in [-0.1, -0.05) is 23.2 Å². The Labute approximate surface area is 159 Å². The molecule has 3 aromatic rings. The van der Waals surface area contributed by atoms with E-state index in [1.165, 1.54) is 0 Å². The van der Waals surface area contributed by atoms with Gasteiger partial charge in [-0.15, -0.1) is 0 Å². The first kappa shape index (κ1) is 17.7. The summed E-state index contributed by atoms with van der Waals surface area (Å²) in [5.41, 5.74) is 8.38. The minimum atomic E-state index is 0.0421. The molecule has 1 heterocycles. The molecule has 3 rings (SSSR count). The molecule has 4 N–H and O–H groups in total. The van der Waals surface area contributed by atoms with E-state index in [9.17, 15) is 0 Å². The molecular formula is C17H13Cl2N7. The predicted molar refractivity (Wildman–Crippen MR) is 103 cm³/mol. The van der Waals surface area contributed by atoms with E-state index in [1.54, 1.807) is 36.4 Å². The molecule has 2 aromatic carbocycles. The minimum absolute atomic E-state index is 0.0421. The summed E-state index contributed by atoms with van der Waals surface area (Å²) >= 11 is 12.3. The third-order valence-corrected chi connectivity index (χ3v) is 4.39. The summed E-state index contributed by atoms with van der Waals surface area (Å²) in [6.07, 6.45) is 0. The molecule has 0 bridgehead atoms. The number of aromatic nitrogens is 3. The highest BCUT2D eigenvalue weighted by molar-refractivity contribution is 6.37. The van der Waals surface area contributed by atoms with E-state index in [-0.39, 0.29) is 17.8 Å². The number of hydrogen-bond acceptors (Lipinski definition) is 7. The third kappa shape index (κ3) is 3.94. The number of nitrogens with one attached hydrogen (secondary N) is 2. The minimum Gasteiger partial charge on any atom is -0.368 e. The highest BCUT2D eigenvalue weighted by Crippen LogP contribution is 2.32. The van der Waals surface area contributed by atoms with Crippen LogP contribution in [0.2, 0.25) is 10.0 Å². The average molecular weight is 386 g/mol. The zero-order chi connectivity index (χ0) is 18.7. The number of benzene rings is 2. The van der Waals surface area contributed by atoms with Gasteiger partial charge < -0.3 is 16.4 Å². The maximum absolute atomic E-state index is 8.84. The third-order valence-electron chi connectivity index (χ3n) is 3.49. The van der Waals surface area contributed by atoms with Gasteiger partial charge in [0.2, 0.25) is 17.8 Å². The fraction of sp³-hybridized carbons (Fsp3) is 0.0588. The quantitative estimate of drug-likeness (QED) is 0.608. The molecule has 130 valence electrons. The second-order valence-electron chi connectivity index (χ2n) is 5.31. The number of nitrogens with zero attached hydrogens (tertiary/aromatic N) is 4. The van der Waals surface area contributed by atoms with Crippen molar-refractivity contribution in [2.24, 2.45) is 0 Å². The largest absolute Gasteiger partial charge is 0.368 e. The summed E-state index contributed by atoms with van der Waals surface area (Å²) in [5.74, 6) is 0.532. The van der Waals surface area contributed by atoms with Crippen molar-refractivity contribution < 1.29 is 0 Å². The maximum atomic E-state index is 8.84. The van der Waals surface area contributed by atoms with Gasteiger partial charge in [0.1, 0.15) is 0 Å². The second-order valence-corrected chi connectivity index (χ2v) is 6.10. The summed E-state index contributed by atoms with van der Waals surface area (Å²) in [6.45, 7) is 1.81. The summed E-state index contributed by atoms with van der Waals surface area (Å²) in [4.78, 5) is 12.4. The van der Waals surface area contributed by atoms with E-state index < -0.39 is 0 Å². The Kier molecular flexibility index (Phi) is 5.07. The SMILES string of the molecule is Cc1c(Cl)ccc(Nc2nc(N)nc(Nc3ccc(C#N)cc3)n2)c1Cl. The lowest BCUT2D eigenvalue weighted by Crippen LogP contribution is -2.07. The zero-order valence-corrected chi connectivity index (χ0v) is 15.1. The topological polar surface area (TPSA) is 113 Å². The Hall–Kier alpha value is -3.08. The first-order valence-corrected chi connectivity index (χ1v) is 8.22. The van der Waals surface area contributed by atoms with Gasteiger partial charge in [-0.3, -0.25) is 0 Å². The van der Waals surface area contributed by atoms with Crippen molar-refractivity contribution in [3.8, 4) is 6.07 Å². The fourth-order valence-electron chi connectivity index (χ4n) is 2.14. The molecule has 0 aliphatic heterocycles. The summed E-state index contributed by atoms with van der Waals surface area (Å²) in [7, 11) is 0. The average Bonchev–Trinajstić information content (AvgIpc) is 2.62. The van der Waals surface area contributed by atoms with Crippen LogP contribution in [-0.4, -0.2) is 15.0 Å². The lowest BCUT2D eigenvalue weighted by Gasteiger charge is -2.11. The van der Waals surface area contributed by atoms with Gasteiger partial charge >= 0.3 is 0 Å². The number of nitrogen functional groups attached to an aromatic ring is 1. The normalized spacial score (nSPS) is 10.2. The Bertz CT molecular complexity index is 997. The van der Waals surface area contributed by atoms with Crippen molar-refractivity contribution in [3.63, 3.8) is 0 Å². The first-order valence-electron chi connectivity index (χ1n) is 7.46. The molecule has 0 amide bonds. The molecule has 7 nitrogen and oxygen atoms in total. The van der Waals surface area contributed by atoms with Crippen molar-refractivity contribution in [2.45, 2.75) is 6.92 Å². The van der Waals surface area contributed by atoms with Crippen LogP contribution in [-0.2, 0) is 0 Å². The Morgan fingerprint density at radius 1 is 0.962 bits per heavy atom. The van der Waals surface area contributed by atoms with Crippen LogP contribution in [0.5, 0.6) is 0 Å². The number of rotatable bonds is 4. The van der Waals surface area contributed by atoms with Crippen LogP contribution in [0.1, 0.15) is 11.1 Å². The van der Waals surface area contributed by atoms with E-state index in [1.807, 2.05) is 6.92 Å². The molecule has 0 unspecified atom stereocenters. The maximum Gasteiger partial charge on any atom is 0.233 e. The standard InChI is InChI=1S/C17H13Cl2N7/c1-9-12(18)6-7-13(14(9)19)23-17-25-15(21)24-16(26-17)22-11-4-2-10(8-20)3-5-11/h2-7H,1H3,(H4,21,22,23,24,25,26). The first-order chi connectivity index (χ1) is 12.5. The van der Waals surface area contributed by atoms with Gasteiger partial charge in [0.05, 0.1) is 22.3 Å². The van der Waals surface area contributed by atoms with Gasteiger partial charge in [-0.05, 0) is 48.9 Å². The number of nitrogens with two attached hydrogens (primary N) is 1. The van der Waals surface area contributed by atoms with E-state index in [2.05, 4.69) is 31.7 Å². The van der Waals surface area contributed by atoms with Crippen molar-refractivity contribution in [3.05, 3.63) is 57.6 Å². The summed E-state index contributed by atoms with van der Waals surface area (Å²) in [5, 5.41) is 15.9. The number of halogens is 2. The van der Waals surface area contributed by atoms with Crippen molar-refractivity contribution >= 4 is 52.4 Å². The molecule has 0 spiro atoms. The second kappa shape index (κ2) is 7.44. The van der Waals surface area contributed by atoms with E-state index in [0.717, 1.165) is 5.56 Å². The van der Waals surface area contributed by atoms with Crippen LogP contribution < -0.4 is 16.4 Å². The Morgan fingerprint density at radius 2 is 1.62 bits per heavy atom. The van der Waals surface area contributed by atoms with E-state index >= 15 is 0 Å². The van der Waals surface area contributed by atoms with Gasteiger partial charge in [0.15, 0.2) is 0 Å². The lowest BCUT2D eigenvalue weighted by molar-refractivity contribution is 1.07. The zero-order valence-electron chi connectivity index (χ0n) is 13.6. The molecule has 1 aromatic heterocycles. The van der Waals surface area contributed by atoms with Gasteiger partial charge in [-0.2, -0.15) is 20.2 Å². The van der Waals surface area contributed by atoms with Crippen LogP contribution in [0.15, 0.2) is 36.4 Å². The van der Waals surface area contributed by atoms with Gasteiger partial charge in [-0.25, -0.2) is 0 Å². The lowest BCUT2D eigenvalue weighted by atomic mass is 10.2. The molecule has 0 aliphatic rings. The molecule has 0 saturated carbocycles. The highest BCUT2D eigenvalue weighted by atomic mass is 35.5. The molecule has 0 atom stereocenters. The molecule has 0 radical (unpaired) electrons. The molecule has 26 heavy (non-hydrogen) atoms. The number of nitriles is 1. The van der Waals surface area contributed by atoms with Crippen LogP contribution in [0.4, 0.5) is 29.2 Å². The smallest absolute Gasteiger partial charge is 0.233 e. The molecular weight excluding hydrogens is 373 g/mol. The van der Waals surface area contributed by atoms with Crippen LogP contribution in [0.25, 0.3) is 0 Å². The summed E-state index contributed by atoms with van der Waals surface area (Å²) in [6, 6.07) is 12.4. The number of anilines is 5. The van der Waals surface area contributed by atoms with Crippen LogP contribution in [0.3, 0.4) is 0 Å². The Morgan fingerprint density at radius 3 is 2.27 bits per heavy atom. The number of hydrogen-bond donors (Lipinski definition) is 3. The monoisotopic (exact) mass is 385 g/mol. The van der Waals surface area contributed by atoms with E-state index in [4.69, 9.17) is 34.2 Å². The van der Waals surface area contributed by atoms with Crippen molar-refractivity contribution in [1.82, 2.24) is 15.0 Å².